The fraction of sp³-hybridized carbons (Fsp3) is 0.590. The van der Waals surface area contributed by atoms with E-state index in [2.05, 4.69) is 11.0 Å². The maximum atomic E-state index is 13.1. The number of ether oxygens (including phenoxy) is 3. The Morgan fingerprint density at radius 1 is 0.860 bits per heavy atom. The third-order valence-electron chi connectivity index (χ3n) is 6.69. The molecule has 0 fully saturated rings. The summed E-state index contributed by atoms with van der Waals surface area (Å²) in [6.07, 6.45) is 5.03. The molecule has 0 saturated carbocycles. The van der Waals surface area contributed by atoms with Crippen LogP contribution in [0.25, 0.3) is 0 Å². The summed E-state index contributed by atoms with van der Waals surface area (Å²) in [5.41, 5.74) is 4.48. The molecule has 0 unspecified atom stereocenters. The van der Waals surface area contributed by atoms with Crippen LogP contribution >= 0.6 is 0 Å². The van der Waals surface area contributed by atoms with Crippen LogP contribution in [0, 0.1) is 13.8 Å². The molecule has 0 heterocycles. The Morgan fingerprint density at radius 3 is 2.02 bits per heavy atom. The molecule has 2 aromatic rings. The van der Waals surface area contributed by atoms with E-state index in [-0.39, 0.29) is 38.0 Å². The van der Waals surface area contributed by atoms with E-state index in [0.29, 0.717) is 31.7 Å². The standard InChI is InChI=1S/C34H48FNO7.2C2H6.CH2O2/c1-7-40-31(37)19-18-29-27(15-12-16-30(29)41-21-13-17-32(38)43-35)14-10-8-9-11-20-36(33(39)42-34(4,5)6)28-23-25(2)22-26(3)24-28;2*1-2;2-1-3/h12,15-16,22-24H,7-11,13-14,17-21H2,1-6H3;2*1-2H3;1H,(H,2,3). The first-order valence-corrected chi connectivity index (χ1v) is 17.7. The van der Waals surface area contributed by atoms with Crippen molar-refractivity contribution in [1.29, 1.82) is 0 Å². The lowest BCUT2D eigenvalue weighted by atomic mass is 9.96. The number of rotatable bonds is 17. The molecule has 1 N–H and O–H groups in total. The number of unbranched alkanes of at least 4 members (excludes halogenated alkanes) is 3. The average Bonchev–Trinajstić information content (AvgIpc) is 3.06. The Hall–Kier alpha value is -4.15. The molecule has 0 bridgehead atoms. The van der Waals surface area contributed by atoms with Crippen LogP contribution in [0.15, 0.2) is 36.4 Å². The van der Waals surface area contributed by atoms with Gasteiger partial charge in [0.15, 0.2) is 0 Å². The summed E-state index contributed by atoms with van der Waals surface area (Å²) in [7, 11) is 0. The van der Waals surface area contributed by atoms with Gasteiger partial charge in [-0.25, -0.2) is 9.59 Å². The lowest BCUT2D eigenvalue weighted by Gasteiger charge is -2.28. The molecule has 0 aliphatic carbocycles. The normalized spacial score (nSPS) is 10.1. The van der Waals surface area contributed by atoms with Crippen LogP contribution < -0.4 is 9.64 Å². The van der Waals surface area contributed by atoms with E-state index in [0.717, 1.165) is 60.0 Å². The van der Waals surface area contributed by atoms with E-state index >= 15 is 0 Å². The van der Waals surface area contributed by atoms with Gasteiger partial charge in [0.05, 0.1) is 19.6 Å². The van der Waals surface area contributed by atoms with Gasteiger partial charge in [0.1, 0.15) is 11.4 Å². The molecule has 2 rings (SSSR count). The number of aryl methyl sites for hydroxylation is 3. The van der Waals surface area contributed by atoms with Crippen molar-refractivity contribution >= 4 is 30.2 Å². The van der Waals surface area contributed by atoms with Gasteiger partial charge in [0, 0.05) is 23.2 Å². The summed E-state index contributed by atoms with van der Waals surface area (Å²) < 4.78 is 28.7. The van der Waals surface area contributed by atoms with Crippen LogP contribution in [0.5, 0.6) is 5.75 Å². The fourth-order valence-corrected chi connectivity index (χ4v) is 4.85. The largest absolute Gasteiger partial charge is 0.493 e. The molecular formula is C39H62FNO9. The minimum Gasteiger partial charge on any atom is -0.493 e. The van der Waals surface area contributed by atoms with Gasteiger partial charge in [0.2, 0.25) is 0 Å². The third-order valence-corrected chi connectivity index (χ3v) is 6.69. The maximum Gasteiger partial charge on any atom is 0.414 e. The summed E-state index contributed by atoms with van der Waals surface area (Å²) in [5, 5.41) is 6.89. The SMILES string of the molecule is CC.CC.CCOC(=O)CCc1c(CCCCCCN(C(=O)OC(C)(C)C)c2cc(C)cc(C)c2)cccc1OCCCC(=O)OF.O=CO. The first-order chi connectivity index (χ1) is 23.8. The predicted molar refractivity (Wildman–Crippen MR) is 196 cm³/mol. The minimum atomic E-state index is -0.928. The summed E-state index contributed by atoms with van der Waals surface area (Å²) in [6, 6.07) is 11.9. The van der Waals surface area contributed by atoms with Crippen molar-refractivity contribution in [1.82, 2.24) is 0 Å². The van der Waals surface area contributed by atoms with E-state index in [1.807, 2.05) is 92.6 Å². The quantitative estimate of drug-likeness (QED) is 0.0971. The Bertz CT molecular complexity index is 1220. The van der Waals surface area contributed by atoms with Crippen molar-refractivity contribution < 1.29 is 48.0 Å². The Balaban J connectivity index is 0. The van der Waals surface area contributed by atoms with Crippen LogP contribution in [0.1, 0.15) is 123 Å². The number of halogens is 1. The van der Waals surface area contributed by atoms with Crippen LogP contribution in [0.2, 0.25) is 0 Å². The van der Waals surface area contributed by atoms with Crippen molar-refractivity contribution in [3.8, 4) is 5.75 Å². The Morgan fingerprint density at radius 2 is 1.46 bits per heavy atom. The predicted octanol–water partition coefficient (Wildman–Crippen LogP) is 9.68. The highest BCUT2D eigenvalue weighted by Crippen LogP contribution is 2.27. The van der Waals surface area contributed by atoms with Crippen molar-refractivity contribution in [2.45, 2.75) is 133 Å². The van der Waals surface area contributed by atoms with Gasteiger partial charge in [-0.1, -0.05) is 58.7 Å². The molecule has 0 aromatic heterocycles. The number of carbonyl (C=O) groups is 4. The third kappa shape index (κ3) is 21.7. The van der Waals surface area contributed by atoms with Gasteiger partial charge in [0.25, 0.3) is 6.47 Å². The molecule has 284 valence electrons. The van der Waals surface area contributed by atoms with E-state index in [9.17, 15) is 18.9 Å². The molecule has 0 aliphatic heterocycles. The highest BCUT2D eigenvalue weighted by atomic mass is 19.3. The molecule has 2 aromatic carbocycles. The number of esters is 1. The second kappa shape index (κ2) is 28.7. The highest BCUT2D eigenvalue weighted by Gasteiger charge is 2.23. The first kappa shape index (κ1) is 48.0. The highest BCUT2D eigenvalue weighted by molar-refractivity contribution is 5.88. The van der Waals surface area contributed by atoms with E-state index in [4.69, 9.17) is 24.1 Å². The van der Waals surface area contributed by atoms with Crippen LogP contribution in [-0.4, -0.2) is 55.0 Å². The van der Waals surface area contributed by atoms with Gasteiger partial charge in [-0.2, -0.15) is 0 Å². The van der Waals surface area contributed by atoms with Crippen molar-refractivity contribution in [3.63, 3.8) is 0 Å². The average molecular weight is 708 g/mol. The molecule has 50 heavy (non-hydrogen) atoms. The zero-order chi connectivity index (χ0) is 38.5. The van der Waals surface area contributed by atoms with Crippen molar-refractivity contribution in [3.05, 3.63) is 58.7 Å². The van der Waals surface area contributed by atoms with E-state index in [1.54, 1.807) is 11.8 Å². The molecule has 11 heteroatoms. The fourth-order valence-electron chi connectivity index (χ4n) is 4.85. The smallest absolute Gasteiger partial charge is 0.414 e. The number of hydrogen-bond donors (Lipinski definition) is 1. The molecule has 0 spiro atoms. The molecular weight excluding hydrogens is 645 g/mol. The summed E-state index contributed by atoms with van der Waals surface area (Å²) >= 11 is 0. The molecule has 0 aliphatic rings. The second-order valence-electron chi connectivity index (χ2n) is 11.8. The zero-order valence-electron chi connectivity index (χ0n) is 32.1. The summed E-state index contributed by atoms with van der Waals surface area (Å²) in [4.78, 5) is 49.5. The molecule has 0 atom stereocenters. The van der Waals surface area contributed by atoms with E-state index < -0.39 is 11.6 Å². The first-order valence-electron chi connectivity index (χ1n) is 17.7. The monoisotopic (exact) mass is 707 g/mol. The minimum absolute atomic E-state index is 0.0802. The van der Waals surface area contributed by atoms with Gasteiger partial charge in [-0.05, 0) is 114 Å². The van der Waals surface area contributed by atoms with Gasteiger partial charge < -0.3 is 19.3 Å². The van der Waals surface area contributed by atoms with Crippen LogP contribution in [0.4, 0.5) is 15.0 Å². The second-order valence-corrected chi connectivity index (χ2v) is 11.8. The number of carbonyl (C=O) groups excluding carboxylic acids is 3. The number of nitrogens with zero attached hydrogens (tertiary/aromatic N) is 1. The number of anilines is 1. The molecule has 10 nitrogen and oxygen atoms in total. The topological polar surface area (TPSA) is 129 Å². The van der Waals surface area contributed by atoms with Gasteiger partial charge in [-0.3, -0.25) is 19.4 Å². The lowest BCUT2D eigenvalue weighted by Crippen LogP contribution is -2.37. The number of hydrogen-bond acceptors (Lipinski definition) is 8. The summed E-state index contributed by atoms with van der Waals surface area (Å²) in [6.45, 7) is 20.3. The number of amides is 1. The lowest BCUT2D eigenvalue weighted by molar-refractivity contribution is -0.183. The van der Waals surface area contributed by atoms with Crippen molar-refractivity contribution in [2.24, 2.45) is 0 Å². The number of benzene rings is 2. The van der Waals surface area contributed by atoms with Crippen molar-refractivity contribution in [2.75, 3.05) is 24.7 Å². The van der Waals surface area contributed by atoms with E-state index in [1.165, 1.54) is 0 Å². The summed E-state index contributed by atoms with van der Waals surface area (Å²) in [5.74, 6) is -0.549. The Kier molecular flexibility index (Phi) is 27.5. The molecule has 1 amide bonds. The molecule has 0 saturated heterocycles. The molecule has 0 radical (unpaired) electrons. The van der Waals surface area contributed by atoms with Gasteiger partial charge >= 0.3 is 18.0 Å². The van der Waals surface area contributed by atoms with Crippen LogP contribution in [-0.2, 0) is 41.6 Å². The zero-order valence-corrected chi connectivity index (χ0v) is 32.1. The van der Waals surface area contributed by atoms with Crippen LogP contribution in [0.3, 0.4) is 0 Å². The Labute approximate surface area is 299 Å². The number of carboxylic acid groups (broad SMARTS) is 1. The van der Waals surface area contributed by atoms with Gasteiger partial charge in [-0.15, -0.1) is 0 Å². The maximum absolute atomic E-state index is 13.1.